The van der Waals surface area contributed by atoms with Gasteiger partial charge in [-0.25, -0.2) is 4.98 Å². The fourth-order valence-corrected chi connectivity index (χ4v) is 1.87. The molecule has 0 saturated carbocycles. The summed E-state index contributed by atoms with van der Waals surface area (Å²) < 4.78 is 29.0. The number of rotatable bonds is 4. The molecule has 0 amide bonds. The van der Waals surface area contributed by atoms with Crippen molar-refractivity contribution in [2.24, 2.45) is 0 Å². The zero-order chi connectivity index (χ0) is 13.8. The molecule has 2 aromatic rings. The lowest BCUT2D eigenvalue weighted by atomic mass is 10.3. The maximum Gasteiger partial charge on any atom is 0.387 e. The number of nitrogen functional groups attached to an aromatic ring is 1. The van der Waals surface area contributed by atoms with Gasteiger partial charge < -0.3 is 15.8 Å². The van der Waals surface area contributed by atoms with Gasteiger partial charge in [0.15, 0.2) is 0 Å². The molecule has 0 unspecified atom stereocenters. The van der Waals surface area contributed by atoms with Crippen molar-refractivity contribution in [3.63, 3.8) is 0 Å². The van der Waals surface area contributed by atoms with E-state index in [0.717, 1.165) is 0 Å². The van der Waals surface area contributed by atoms with Crippen LogP contribution in [0.1, 0.15) is 0 Å². The summed E-state index contributed by atoms with van der Waals surface area (Å²) in [5, 5.41) is 3.02. The number of hydrogen-bond acceptors (Lipinski definition) is 4. The van der Waals surface area contributed by atoms with Crippen LogP contribution in [0.4, 0.5) is 26.0 Å². The summed E-state index contributed by atoms with van der Waals surface area (Å²) in [5.74, 6) is 0.682. The highest BCUT2D eigenvalue weighted by Crippen LogP contribution is 2.26. The van der Waals surface area contributed by atoms with Crippen LogP contribution in [0, 0.1) is 0 Å². The van der Waals surface area contributed by atoms with E-state index in [4.69, 9.17) is 5.73 Å². The summed E-state index contributed by atoms with van der Waals surface area (Å²) in [4.78, 5) is 4.11. The van der Waals surface area contributed by atoms with E-state index in [2.05, 4.69) is 31.0 Å². The van der Waals surface area contributed by atoms with E-state index in [0.29, 0.717) is 21.7 Å². The molecule has 0 fully saturated rings. The number of halogens is 3. The van der Waals surface area contributed by atoms with Crippen molar-refractivity contribution < 1.29 is 13.5 Å². The minimum absolute atomic E-state index is 0.102. The second-order valence-corrected chi connectivity index (χ2v) is 4.48. The van der Waals surface area contributed by atoms with Gasteiger partial charge in [0.2, 0.25) is 0 Å². The van der Waals surface area contributed by atoms with Crippen molar-refractivity contribution in [3.05, 3.63) is 41.0 Å². The van der Waals surface area contributed by atoms with E-state index in [1.165, 1.54) is 18.3 Å². The minimum Gasteiger partial charge on any atom is -0.435 e. The second kappa shape index (κ2) is 5.83. The lowest BCUT2D eigenvalue weighted by Gasteiger charge is -2.09. The number of alkyl halides is 2. The Kier molecular flexibility index (Phi) is 4.16. The predicted molar refractivity (Wildman–Crippen MR) is 72.7 cm³/mol. The van der Waals surface area contributed by atoms with E-state index in [1.54, 1.807) is 18.2 Å². The highest BCUT2D eigenvalue weighted by molar-refractivity contribution is 9.10. The molecular weight excluding hydrogens is 320 g/mol. The molecule has 0 spiro atoms. The molecule has 1 aromatic heterocycles. The smallest absolute Gasteiger partial charge is 0.387 e. The van der Waals surface area contributed by atoms with Crippen LogP contribution in [-0.2, 0) is 0 Å². The third kappa shape index (κ3) is 3.78. The van der Waals surface area contributed by atoms with E-state index < -0.39 is 6.61 Å². The van der Waals surface area contributed by atoms with Crippen LogP contribution in [-0.4, -0.2) is 11.6 Å². The number of nitrogens with two attached hydrogens (primary N) is 1. The molecule has 3 N–H and O–H groups in total. The summed E-state index contributed by atoms with van der Waals surface area (Å²) in [7, 11) is 0. The normalized spacial score (nSPS) is 10.5. The van der Waals surface area contributed by atoms with Crippen LogP contribution in [0.15, 0.2) is 41.0 Å². The van der Waals surface area contributed by atoms with Gasteiger partial charge >= 0.3 is 6.61 Å². The van der Waals surface area contributed by atoms with Crippen LogP contribution in [0.3, 0.4) is 0 Å². The molecule has 4 nitrogen and oxygen atoms in total. The van der Waals surface area contributed by atoms with Crippen molar-refractivity contribution in [1.82, 2.24) is 4.98 Å². The summed E-state index contributed by atoms with van der Waals surface area (Å²) >= 11 is 3.32. The van der Waals surface area contributed by atoms with Gasteiger partial charge in [-0.1, -0.05) is 0 Å². The maximum absolute atomic E-state index is 12.0. The molecule has 1 heterocycles. The Balaban J connectivity index is 2.10. The molecule has 0 bridgehead atoms. The lowest BCUT2D eigenvalue weighted by molar-refractivity contribution is -0.0498. The second-order valence-electron chi connectivity index (χ2n) is 3.63. The molecule has 100 valence electrons. The predicted octanol–water partition coefficient (Wildman–Crippen LogP) is 3.77. The van der Waals surface area contributed by atoms with Crippen LogP contribution in [0.25, 0.3) is 0 Å². The first-order valence-electron chi connectivity index (χ1n) is 5.27. The Morgan fingerprint density at radius 1 is 1.26 bits per heavy atom. The third-order valence-electron chi connectivity index (χ3n) is 2.20. The molecule has 0 aliphatic carbocycles. The largest absolute Gasteiger partial charge is 0.435 e. The fraction of sp³-hybridized carbons (Fsp3) is 0.0833. The van der Waals surface area contributed by atoms with Gasteiger partial charge in [0.25, 0.3) is 0 Å². The van der Waals surface area contributed by atoms with Crippen molar-refractivity contribution >= 4 is 33.1 Å². The lowest BCUT2D eigenvalue weighted by Crippen LogP contribution is -2.02. The Bertz CT molecular complexity index is 563. The van der Waals surface area contributed by atoms with Gasteiger partial charge in [-0.15, -0.1) is 0 Å². The van der Waals surface area contributed by atoms with E-state index in [9.17, 15) is 8.78 Å². The number of nitrogens with one attached hydrogen (secondary N) is 1. The van der Waals surface area contributed by atoms with Gasteiger partial charge in [-0.2, -0.15) is 8.78 Å². The first-order chi connectivity index (χ1) is 9.04. The summed E-state index contributed by atoms with van der Waals surface area (Å²) in [6, 6.07) is 7.83. The molecular formula is C12H10BrF2N3O. The monoisotopic (exact) mass is 329 g/mol. The first-order valence-corrected chi connectivity index (χ1v) is 6.07. The summed E-state index contributed by atoms with van der Waals surface area (Å²) in [6.45, 7) is -2.83. The molecule has 19 heavy (non-hydrogen) atoms. The quantitative estimate of drug-likeness (QED) is 0.896. The van der Waals surface area contributed by atoms with Crippen molar-refractivity contribution in [2.45, 2.75) is 6.61 Å². The number of pyridine rings is 1. The van der Waals surface area contributed by atoms with E-state index >= 15 is 0 Å². The van der Waals surface area contributed by atoms with Gasteiger partial charge in [0, 0.05) is 5.69 Å². The van der Waals surface area contributed by atoms with Gasteiger partial charge in [-0.05, 0) is 46.3 Å². The van der Waals surface area contributed by atoms with E-state index in [1.807, 2.05) is 0 Å². The SMILES string of the molecule is Nc1cnc(Nc2ccc(OC(F)F)cc2)c(Br)c1. The third-order valence-corrected chi connectivity index (χ3v) is 2.81. The van der Waals surface area contributed by atoms with Crippen LogP contribution >= 0.6 is 15.9 Å². The molecule has 7 heteroatoms. The molecule has 0 aliphatic heterocycles. The van der Waals surface area contributed by atoms with Crippen molar-refractivity contribution in [1.29, 1.82) is 0 Å². The molecule has 2 rings (SSSR count). The van der Waals surface area contributed by atoms with Gasteiger partial charge in [0.1, 0.15) is 11.6 Å². The number of nitrogens with zero attached hydrogens (tertiary/aromatic N) is 1. The molecule has 0 radical (unpaired) electrons. The highest BCUT2D eigenvalue weighted by Gasteiger charge is 2.05. The van der Waals surface area contributed by atoms with Crippen LogP contribution in [0.5, 0.6) is 5.75 Å². The number of anilines is 3. The molecule has 0 aliphatic rings. The zero-order valence-electron chi connectivity index (χ0n) is 9.61. The summed E-state index contributed by atoms with van der Waals surface area (Å²) in [6.07, 6.45) is 1.52. The fourth-order valence-electron chi connectivity index (χ4n) is 1.40. The van der Waals surface area contributed by atoms with Crippen LogP contribution in [0.2, 0.25) is 0 Å². The Hall–Kier alpha value is -1.89. The first kappa shape index (κ1) is 13.5. The van der Waals surface area contributed by atoms with Crippen molar-refractivity contribution in [3.8, 4) is 5.75 Å². The van der Waals surface area contributed by atoms with E-state index in [-0.39, 0.29) is 5.75 Å². The van der Waals surface area contributed by atoms with Gasteiger partial charge in [-0.3, -0.25) is 0 Å². The zero-order valence-corrected chi connectivity index (χ0v) is 11.2. The Labute approximate surface area is 116 Å². The standard InChI is InChI=1S/C12H10BrF2N3O/c13-10-5-7(16)6-17-11(10)18-8-1-3-9(4-2-8)19-12(14)15/h1-6,12H,16H2,(H,17,18). The molecule has 0 saturated heterocycles. The number of hydrogen-bond donors (Lipinski definition) is 2. The minimum atomic E-state index is -2.83. The average molecular weight is 330 g/mol. The Morgan fingerprint density at radius 3 is 2.53 bits per heavy atom. The van der Waals surface area contributed by atoms with Gasteiger partial charge in [0.05, 0.1) is 16.4 Å². The number of benzene rings is 1. The van der Waals surface area contributed by atoms with Crippen molar-refractivity contribution in [2.75, 3.05) is 11.1 Å². The topological polar surface area (TPSA) is 60.2 Å². The molecule has 1 aromatic carbocycles. The van der Waals surface area contributed by atoms with Crippen LogP contribution < -0.4 is 15.8 Å². The molecule has 0 atom stereocenters. The summed E-state index contributed by atoms with van der Waals surface area (Å²) in [5.41, 5.74) is 6.81. The average Bonchev–Trinajstić information content (AvgIpc) is 2.34. The Morgan fingerprint density at radius 2 is 1.95 bits per heavy atom. The number of ether oxygens (including phenoxy) is 1. The highest BCUT2D eigenvalue weighted by atomic mass is 79.9. The maximum atomic E-state index is 12.0. The number of aromatic nitrogens is 1.